The van der Waals surface area contributed by atoms with Crippen LogP contribution in [0, 0.1) is 0 Å². The first-order chi connectivity index (χ1) is 12.7. The molecule has 0 atom stereocenters. The molecule has 0 aliphatic rings. The monoisotopic (exact) mass is 367 g/mol. The van der Waals surface area contributed by atoms with Crippen LogP contribution < -0.4 is 15.4 Å². The Balaban J connectivity index is 1.46. The summed E-state index contributed by atoms with van der Waals surface area (Å²) in [6, 6.07) is 20.4. The number of nitrogens with one attached hydrogen (secondary N) is 2. The lowest BCUT2D eigenvalue weighted by molar-refractivity contribution is -0.118. The number of anilines is 2. The number of hydrogen-bond acceptors (Lipinski definition) is 4. The summed E-state index contributed by atoms with van der Waals surface area (Å²) in [4.78, 5) is 16.1. The number of benzene rings is 2. The fourth-order valence-corrected chi connectivity index (χ4v) is 2.35. The van der Waals surface area contributed by atoms with Crippen LogP contribution in [0.2, 0.25) is 5.02 Å². The summed E-state index contributed by atoms with van der Waals surface area (Å²) in [5.74, 6) is 0.865. The van der Waals surface area contributed by atoms with Gasteiger partial charge in [-0.05, 0) is 42.0 Å². The molecule has 3 rings (SSSR count). The minimum absolute atomic E-state index is 0.0672. The Bertz CT molecular complexity index is 837. The van der Waals surface area contributed by atoms with Crippen molar-refractivity contribution in [2.24, 2.45) is 0 Å². The van der Waals surface area contributed by atoms with Gasteiger partial charge in [0.2, 0.25) is 0 Å². The SMILES string of the molecule is O=C(COc1ccccc1)Nc1ccc(NCc2ccc(Cl)cc2)cn1. The van der Waals surface area contributed by atoms with E-state index in [0.717, 1.165) is 11.3 Å². The van der Waals surface area contributed by atoms with Gasteiger partial charge in [-0.25, -0.2) is 4.98 Å². The number of hydrogen-bond donors (Lipinski definition) is 2. The van der Waals surface area contributed by atoms with E-state index >= 15 is 0 Å². The van der Waals surface area contributed by atoms with Crippen molar-refractivity contribution in [2.75, 3.05) is 17.2 Å². The van der Waals surface area contributed by atoms with E-state index in [1.165, 1.54) is 0 Å². The zero-order valence-corrected chi connectivity index (χ0v) is 14.7. The van der Waals surface area contributed by atoms with Gasteiger partial charge in [0, 0.05) is 11.6 Å². The lowest BCUT2D eigenvalue weighted by Crippen LogP contribution is -2.20. The Morgan fingerprint density at radius 2 is 1.77 bits per heavy atom. The lowest BCUT2D eigenvalue weighted by Gasteiger charge is -2.09. The summed E-state index contributed by atoms with van der Waals surface area (Å²) in [5.41, 5.74) is 1.98. The molecule has 3 aromatic rings. The van der Waals surface area contributed by atoms with Gasteiger partial charge < -0.3 is 15.4 Å². The summed E-state index contributed by atoms with van der Waals surface area (Å²) in [7, 11) is 0. The Labute approximate surface area is 157 Å². The van der Waals surface area contributed by atoms with E-state index in [9.17, 15) is 4.79 Å². The smallest absolute Gasteiger partial charge is 0.263 e. The molecule has 1 heterocycles. The number of carbonyl (C=O) groups is 1. The number of pyridine rings is 1. The molecule has 0 spiro atoms. The Hall–Kier alpha value is -3.05. The minimum Gasteiger partial charge on any atom is -0.484 e. The van der Waals surface area contributed by atoms with Crippen LogP contribution >= 0.6 is 11.6 Å². The quantitative estimate of drug-likeness (QED) is 0.651. The van der Waals surface area contributed by atoms with Crippen LogP contribution in [0.4, 0.5) is 11.5 Å². The third-order valence-electron chi connectivity index (χ3n) is 3.55. The van der Waals surface area contributed by atoms with Gasteiger partial charge in [-0.1, -0.05) is 41.9 Å². The summed E-state index contributed by atoms with van der Waals surface area (Å²) in [5, 5.41) is 6.68. The van der Waals surface area contributed by atoms with E-state index in [4.69, 9.17) is 16.3 Å². The van der Waals surface area contributed by atoms with Crippen molar-refractivity contribution in [3.8, 4) is 5.75 Å². The molecule has 2 aromatic carbocycles. The molecule has 1 aromatic heterocycles. The number of aromatic nitrogens is 1. The van der Waals surface area contributed by atoms with Crippen LogP contribution in [0.3, 0.4) is 0 Å². The van der Waals surface area contributed by atoms with Gasteiger partial charge in [0.25, 0.3) is 5.91 Å². The van der Waals surface area contributed by atoms with Crippen LogP contribution in [0.25, 0.3) is 0 Å². The number of para-hydroxylation sites is 1. The number of rotatable bonds is 7. The molecule has 0 saturated carbocycles. The fraction of sp³-hybridized carbons (Fsp3) is 0.100. The molecule has 0 aliphatic heterocycles. The highest BCUT2D eigenvalue weighted by Gasteiger charge is 2.05. The van der Waals surface area contributed by atoms with Crippen LogP contribution in [0.15, 0.2) is 72.9 Å². The van der Waals surface area contributed by atoms with Crippen molar-refractivity contribution in [3.05, 3.63) is 83.5 Å². The first-order valence-corrected chi connectivity index (χ1v) is 8.49. The average Bonchev–Trinajstić information content (AvgIpc) is 2.68. The molecule has 0 saturated heterocycles. The highest BCUT2D eigenvalue weighted by molar-refractivity contribution is 6.30. The molecule has 26 heavy (non-hydrogen) atoms. The summed E-state index contributed by atoms with van der Waals surface area (Å²) in [6.45, 7) is 0.595. The van der Waals surface area contributed by atoms with E-state index in [1.54, 1.807) is 24.4 Å². The molecular formula is C20H18ClN3O2. The predicted octanol–water partition coefficient (Wildman–Crippen LogP) is 4.36. The lowest BCUT2D eigenvalue weighted by atomic mass is 10.2. The molecular weight excluding hydrogens is 350 g/mol. The Morgan fingerprint density at radius 3 is 2.46 bits per heavy atom. The second-order valence-electron chi connectivity index (χ2n) is 5.56. The van der Waals surface area contributed by atoms with Crippen molar-refractivity contribution < 1.29 is 9.53 Å². The topological polar surface area (TPSA) is 63.2 Å². The summed E-state index contributed by atoms with van der Waals surface area (Å²) < 4.78 is 5.40. The van der Waals surface area contributed by atoms with Gasteiger partial charge in [0.05, 0.1) is 11.9 Å². The Morgan fingerprint density at radius 1 is 1.00 bits per heavy atom. The van der Waals surface area contributed by atoms with Crippen molar-refractivity contribution in [2.45, 2.75) is 6.54 Å². The van der Waals surface area contributed by atoms with Gasteiger partial charge in [-0.15, -0.1) is 0 Å². The predicted molar refractivity (Wildman–Crippen MR) is 104 cm³/mol. The maximum Gasteiger partial charge on any atom is 0.263 e. The normalized spacial score (nSPS) is 10.2. The van der Waals surface area contributed by atoms with E-state index in [2.05, 4.69) is 15.6 Å². The molecule has 0 unspecified atom stereocenters. The van der Waals surface area contributed by atoms with Crippen LogP contribution in [0.5, 0.6) is 5.75 Å². The largest absolute Gasteiger partial charge is 0.484 e. The van der Waals surface area contributed by atoms with Gasteiger partial charge in [0.1, 0.15) is 11.6 Å². The maximum absolute atomic E-state index is 11.9. The first-order valence-electron chi connectivity index (χ1n) is 8.11. The van der Waals surface area contributed by atoms with Crippen LogP contribution in [-0.4, -0.2) is 17.5 Å². The minimum atomic E-state index is -0.261. The number of ether oxygens (including phenoxy) is 1. The molecule has 0 bridgehead atoms. The van der Waals surface area contributed by atoms with Gasteiger partial charge in [0.15, 0.2) is 6.61 Å². The molecule has 0 aliphatic carbocycles. The van der Waals surface area contributed by atoms with Gasteiger partial charge >= 0.3 is 0 Å². The molecule has 6 heteroatoms. The molecule has 1 amide bonds. The summed E-state index contributed by atoms with van der Waals surface area (Å²) in [6.07, 6.45) is 1.67. The van der Waals surface area contributed by atoms with Crippen LogP contribution in [0.1, 0.15) is 5.56 Å². The second kappa shape index (κ2) is 8.87. The maximum atomic E-state index is 11.9. The van der Waals surface area contributed by atoms with Crippen molar-refractivity contribution in [1.82, 2.24) is 4.98 Å². The van der Waals surface area contributed by atoms with Crippen molar-refractivity contribution in [3.63, 3.8) is 0 Å². The highest BCUT2D eigenvalue weighted by atomic mass is 35.5. The third-order valence-corrected chi connectivity index (χ3v) is 3.81. The highest BCUT2D eigenvalue weighted by Crippen LogP contribution is 2.14. The standard InChI is InChI=1S/C20H18ClN3O2/c21-16-8-6-15(7-9-16)12-22-17-10-11-19(23-13-17)24-20(25)14-26-18-4-2-1-3-5-18/h1-11,13,22H,12,14H2,(H,23,24,25). The van der Waals surface area contributed by atoms with E-state index < -0.39 is 0 Å². The number of nitrogens with zero attached hydrogens (tertiary/aromatic N) is 1. The Kier molecular flexibility index (Phi) is 6.06. The average molecular weight is 368 g/mol. The molecule has 0 radical (unpaired) electrons. The van der Waals surface area contributed by atoms with Gasteiger partial charge in [-0.2, -0.15) is 0 Å². The van der Waals surface area contributed by atoms with E-state index in [0.29, 0.717) is 23.1 Å². The molecule has 0 fully saturated rings. The van der Waals surface area contributed by atoms with Crippen molar-refractivity contribution >= 4 is 29.0 Å². The zero-order valence-electron chi connectivity index (χ0n) is 14.0. The van der Waals surface area contributed by atoms with Gasteiger partial charge in [-0.3, -0.25) is 4.79 Å². The van der Waals surface area contributed by atoms with E-state index in [1.807, 2.05) is 48.5 Å². The van der Waals surface area contributed by atoms with Crippen molar-refractivity contribution in [1.29, 1.82) is 0 Å². The van der Waals surface area contributed by atoms with E-state index in [-0.39, 0.29) is 12.5 Å². The zero-order chi connectivity index (χ0) is 18.2. The number of halogens is 1. The molecule has 132 valence electrons. The third kappa shape index (κ3) is 5.50. The first kappa shape index (κ1) is 17.8. The number of carbonyl (C=O) groups excluding carboxylic acids is 1. The molecule has 2 N–H and O–H groups in total. The van der Waals surface area contributed by atoms with Crippen LogP contribution in [-0.2, 0) is 11.3 Å². The number of amides is 1. The fourth-order valence-electron chi connectivity index (χ4n) is 2.22. The second-order valence-corrected chi connectivity index (χ2v) is 6.00. The molecule has 5 nitrogen and oxygen atoms in total. The summed E-state index contributed by atoms with van der Waals surface area (Å²) >= 11 is 5.87.